The van der Waals surface area contributed by atoms with Crippen LogP contribution in [0.2, 0.25) is 0 Å². The van der Waals surface area contributed by atoms with E-state index in [4.69, 9.17) is 30.1 Å². The summed E-state index contributed by atoms with van der Waals surface area (Å²) in [6, 6.07) is 8.32. The van der Waals surface area contributed by atoms with Crippen molar-refractivity contribution < 1.29 is 37.6 Å². The van der Waals surface area contributed by atoms with Crippen molar-refractivity contribution in [3.05, 3.63) is 77.3 Å². The Morgan fingerprint density at radius 1 is 0.724 bits per heavy atom. The third-order valence-corrected chi connectivity index (χ3v) is 9.04. The number of allylic oxidation sites excluding steroid dienone is 1. The molecule has 0 amide bonds. The fraction of sp³-hybridized carbons (Fsp3) is 0. The van der Waals surface area contributed by atoms with E-state index in [1.54, 1.807) is 30.3 Å². The SMILES string of the molecule is O=C1/C=C\C(=O)OC2=C3OC(=O)/C=C\C(=O)OS3(S)(c3ccccc3)=CC=C2O1. The summed E-state index contributed by atoms with van der Waals surface area (Å²) in [5, 5.41) is 1.02. The second-order valence-corrected chi connectivity index (χ2v) is 11.3. The maximum absolute atomic E-state index is 12.4. The number of hydrogen-bond acceptors (Lipinski definition) is 9. The summed E-state index contributed by atoms with van der Waals surface area (Å²) in [7, 11) is -4.11. The van der Waals surface area contributed by atoms with E-state index < -0.39 is 31.9 Å². The summed E-state index contributed by atoms with van der Waals surface area (Å²) in [4.78, 5) is 49.0. The van der Waals surface area contributed by atoms with E-state index >= 15 is 0 Å². The lowest BCUT2D eigenvalue weighted by molar-refractivity contribution is -0.141. The van der Waals surface area contributed by atoms with Gasteiger partial charge in [0.25, 0.3) is 0 Å². The van der Waals surface area contributed by atoms with Crippen molar-refractivity contribution in [1.29, 1.82) is 0 Å². The molecule has 0 atom stereocenters. The molecule has 0 bridgehead atoms. The lowest BCUT2D eigenvalue weighted by Crippen LogP contribution is -2.27. The van der Waals surface area contributed by atoms with Gasteiger partial charge in [-0.15, -0.1) is 0 Å². The Morgan fingerprint density at radius 3 is 2.00 bits per heavy atom. The first-order valence-corrected chi connectivity index (χ1v) is 11.2. The van der Waals surface area contributed by atoms with E-state index in [0.29, 0.717) is 4.90 Å². The largest absolute Gasteiger partial charge is 0.419 e. The van der Waals surface area contributed by atoms with E-state index in [9.17, 15) is 19.2 Å². The highest BCUT2D eigenvalue weighted by Gasteiger charge is 2.48. The Balaban J connectivity index is 2.10. The number of ether oxygens (including phenoxy) is 3. The summed E-state index contributed by atoms with van der Waals surface area (Å²) in [6.07, 6.45) is 4.81. The Kier molecular flexibility index (Phi) is 4.32. The first-order chi connectivity index (χ1) is 13.8. The van der Waals surface area contributed by atoms with Crippen molar-refractivity contribution in [1.82, 2.24) is 0 Å². The number of benzene rings is 1. The van der Waals surface area contributed by atoms with Crippen molar-refractivity contribution in [2.45, 2.75) is 4.90 Å². The van der Waals surface area contributed by atoms with Gasteiger partial charge in [0.1, 0.15) is 0 Å². The molecule has 3 aliphatic heterocycles. The monoisotopic (exact) mass is 432 g/mol. The maximum atomic E-state index is 12.4. The highest BCUT2D eigenvalue weighted by Crippen LogP contribution is 2.78. The molecule has 4 rings (SSSR count). The van der Waals surface area contributed by atoms with Crippen molar-refractivity contribution in [2.75, 3.05) is 0 Å². The molecular weight excluding hydrogens is 420 g/mol. The van der Waals surface area contributed by atoms with E-state index in [1.165, 1.54) is 11.4 Å². The van der Waals surface area contributed by atoms with Crippen LogP contribution in [0.3, 0.4) is 0 Å². The van der Waals surface area contributed by atoms with Crippen LogP contribution >= 0.6 is 19.7 Å². The van der Waals surface area contributed by atoms with E-state index in [-0.39, 0.29) is 16.6 Å². The van der Waals surface area contributed by atoms with Crippen LogP contribution in [-0.2, 0) is 37.6 Å². The molecule has 0 unspecified atom stereocenters. The summed E-state index contributed by atoms with van der Waals surface area (Å²) < 4.78 is 21.6. The normalized spacial score (nSPS) is 25.7. The molecule has 0 radical (unpaired) electrons. The molecule has 1 aromatic rings. The predicted octanol–water partition coefficient (Wildman–Crippen LogP) is 2.33. The molecule has 0 aromatic heterocycles. The Labute approximate surface area is 168 Å². The minimum Gasteiger partial charge on any atom is -0.419 e. The smallest absolute Gasteiger partial charge is 0.342 e. The van der Waals surface area contributed by atoms with Crippen molar-refractivity contribution in [2.24, 2.45) is 0 Å². The van der Waals surface area contributed by atoms with Crippen LogP contribution in [0.4, 0.5) is 0 Å². The maximum Gasteiger partial charge on any atom is 0.342 e. The third-order valence-electron chi connectivity index (χ3n) is 4.01. The fourth-order valence-electron chi connectivity index (χ4n) is 2.76. The molecule has 0 fully saturated rings. The molecular formula is C19H12O8S2. The van der Waals surface area contributed by atoms with Gasteiger partial charge in [-0.3, -0.25) is 0 Å². The highest BCUT2D eigenvalue weighted by atomic mass is 33.2. The Hall–Kier alpha value is -3.37. The van der Waals surface area contributed by atoms with Gasteiger partial charge >= 0.3 is 23.9 Å². The molecule has 8 nitrogen and oxygen atoms in total. The molecule has 3 aliphatic rings. The van der Waals surface area contributed by atoms with Crippen LogP contribution in [0.5, 0.6) is 0 Å². The Morgan fingerprint density at radius 2 is 1.31 bits per heavy atom. The van der Waals surface area contributed by atoms with Crippen LogP contribution in [0.15, 0.2) is 82.2 Å². The predicted molar refractivity (Wildman–Crippen MR) is 105 cm³/mol. The molecule has 1 aromatic carbocycles. The second kappa shape index (κ2) is 6.61. The molecule has 0 N–H and O–H groups in total. The average molecular weight is 432 g/mol. The zero-order valence-corrected chi connectivity index (χ0v) is 16.2. The summed E-state index contributed by atoms with van der Waals surface area (Å²) in [5.41, 5.74) is 0. The third kappa shape index (κ3) is 3.12. The molecule has 0 saturated carbocycles. The molecule has 29 heavy (non-hydrogen) atoms. The number of carbonyl (C=O) groups is 4. The van der Waals surface area contributed by atoms with E-state index in [1.807, 2.05) is 0 Å². The van der Waals surface area contributed by atoms with Gasteiger partial charge in [0, 0.05) is 42.6 Å². The summed E-state index contributed by atoms with van der Waals surface area (Å²) in [5.74, 6) is -4.12. The molecule has 0 aliphatic carbocycles. The number of carbonyl (C=O) groups excluding carboxylic acids is 4. The average Bonchev–Trinajstić information content (AvgIpc) is 2.69. The molecule has 148 valence electrons. The number of thiol groups is 1. The minimum atomic E-state index is -4.11. The van der Waals surface area contributed by atoms with Gasteiger partial charge in [-0.25, -0.2) is 19.2 Å². The molecule has 0 saturated heterocycles. The van der Waals surface area contributed by atoms with E-state index in [2.05, 4.69) is 0 Å². The van der Waals surface area contributed by atoms with Gasteiger partial charge in [0.15, 0.2) is 5.76 Å². The number of esters is 3. The Bertz CT molecular complexity index is 1170. The van der Waals surface area contributed by atoms with Gasteiger partial charge in [-0.2, -0.15) is 0 Å². The zero-order valence-electron chi connectivity index (χ0n) is 14.5. The van der Waals surface area contributed by atoms with Gasteiger partial charge in [0.05, 0.1) is 0 Å². The van der Waals surface area contributed by atoms with Gasteiger partial charge in [0.2, 0.25) is 10.9 Å². The lowest BCUT2D eigenvalue weighted by atomic mass is 10.3. The van der Waals surface area contributed by atoms with Crippen LogP contribution in [0.25, 0.3) is 0 Å². The van der Waals surface area contributed by atoms with Gasteiger partial charge < -0.3 is 18.4 Å². The molecule has 0 spiro atoms. The molecule has 10 heteroatoms. The van der Waals surface area contributed by atoms with Crippen LogP contribution in [-0.4, -0.2) is 29.2 Å². The first-order valence-electron chi connectivity index (χ1n) is 8.09. The standard InChI is InChI=1S/C19H12O8S2/c20-14-6-7-15(21)25-18-13(24-14)10-11-29(28,12-4-2-1-3-5-12)19(18)26-16(22)8-9-17(23)27-29/h1-11,28H/b7-6-,9-8-. The van der Waals surface area contributed by atoms with E-state index in [0.717, 1.165) is 24.3 Å². The van der Waals surface area contributed by atoms with Crippen molar-refractivity contribution in [3.8, 4) is 0 Å². The topological polar surface area (TPSA) is 105 Å². The minimum absolute atomic E-state index is 0.199. The van der Waals surface area contributed by atoms with Gasteiger partial charge in [-0.1, -0.05) is 29.9 Å². The quantitative estimate of drug-likeness (QED) is 0.237. The fourth-order valence-corrected chi connectivity index (χ4v) is 6.80. The van der Waals surface area contributed by atoms with Crippen LogP contribution in [0.1, 0.15) is 0 Å². The van der Waals surface area contributed by atoms with Crippen molar-refractivity contribution in [3.63, 3.8) is 0 Å². The summed E-state index contributed by atoms with van der Waals surface area (Å²) in [6.45, 7) is 0. The van der Waals surface area contributed by atoms with Crippen LogP contribution < -0.4 is 0 Å². The number of hydrogen-bond donors (Lipinski definition) is 1. The van der Waals surface area contributed by atoms with Gasteiger partial charge in [-0.05, 0) is 18.2 Å². The first kappa shape index (κ1) is 19.0. The molecule has 3 heterocycles. The summed E-state index contributed by atoms with van der Waals surface area (Å²) >= 11 is 4.75. The number of rotatable bonds is 1. The number of fused-ring (bicyclic) bond motifs is 2. The van der Waals surface area contributed by atoms with Crippen molar-refractivity contribution >= 4 is 49.0 Å². The van der Waals surface area contributed by atoms with Crippen LogP contribution in [0, 0.1) is 0 Å². The second-order valence-electron chi connectivity index (χ2n) is 5.89. The lowest BCUT2D eigenvalue weighted by Gasteiger charge is -2.46. The zero-order chi connectivity index (χ0) is 20.7. The highest BCUT2D eigenvalue weighted by molar-refractivity contribution is 8.95.